The summed E-state index contributed by atoms with van der Waals surface area (Å²) in [6.07, 6.45) is 1.14. The molecule has 0 saturated heterocycles. The molecule has 0 aliphatic carbocycles. The topological polar surface area (TPSA) is 102 Å². The van der Waals surface area contributed by atoms with Gasteiger partial charge in [0.25, 0.3) is 15.7 Å². The zero-order valence-electron chi connectivity index (χ0n) is 10.2. The molecule has 0 atom stereocenters. The maximum atomic E-state index is 11.8. The number of aromatic nitrogens is 1. The molecule has 1 amide bonds. The molecule has 2 N–H and O–H groups in total. The van der Waals surface area contributed by atoms with Crippen LogP contribution in [-0.2, 0) is 10.0 Å². The molecule has 0 radical (unpaired) electrons. The molecule has 0 fully saturated rings. The van der Waals surface area contributed by atoms with Crippen molar-refractivity contribution in [3.05, 3.63) is 65.6 Å². The zero-order valence-corrected chi connectivity index (χ0v) is 11.0. The molecule has 1 aromatic heterocycles. The number of pyridine rings is 1. The smallest absolute Gasteiger partial charge is 0.332 e. The Labute approximate surface area is 115 Å². The Kier molecular flexibility index (Phi) is 3.97. The monoisotopic (exact) mass is 293 g/mol. The van der Waals surface area contributed by atoms with E-state index in [9.17, 15) is 18.4 Å². The van der Waals surface area contributed by atoms with Crippen LogP contribution in [0, 0.1) is 5.21 Å². The molecule has 1 aromatic carbocycles. The van der Waals surface area contributed by atoms with Gasteiger partial charge in [0.15, 0.2) is 6.20 Å². The third kappa shape index (κ3) is 3.11. The van der Waals surface area contributed by atoms with Crippen LogP contribution in [0.5, 0.6) is 0 Å². The summed E-state index contributed by atoms with van der Waals surface area (Å²) >= 11 is 0. The Balaban J connectivity index is 2.10. The number of amides is 1. The van der Waals surface area contributed by atoms with E-state index in [0.717, 1.165) is 6.20 Å². The molecule has 8 heteroatoms. The van der Waals surface area contributed by atoms with Crippen LogP contribution in [0.3, 0.4) is 0 Å². The highest BCUT2D eigenvalue weighted by atomic mass is 32.2. The van der Waals surface area contributed by atoms with E-state index < -0.39 is 15.9 Å². The fourth-order valence-electron chi connectivity index (χ4n) is 1.44. The molecular formula is C12H11N3O4S. The number of nitrogens with zero attached hydrogens (tertiary/aromatic N) is 1. The number of carbonyl (C=O) groups is 1. The number of benzene rings is 1. The largest absolute Gasteiger partial charge is 0.618 e. The fourth-order valence-corrected chi connectivity index (χ4v) is 2.30. The average Bonchev–Trinajstić information content (AvgIpc) is 2.46. The Hall–Kier alpha value is -2.45. The quantitative estimate of drug-likeness (QED) is 0.468. The summed E-state index contributed by atoms with van der Waals surface area (Å²) in [7, 11) is -3.87. The summed E-state index contributed by atoms with van der Waals surface area (Å²) in [5, 5.41) is 11.3. The van der Waals surface area contributed by atoms with Crippen molar-refractivity contribution in [3.63, 3.8) is 0 Å². The first-order valence-corrected chi connectivity index (χ1v) is 7.04. The van der Waals surface area contributed by atoms with Gasteiger partial charge in [0.2, 0.25) is 0 Å². The molecule has 2 aromatic rings. The van der Waals surface area contributed by atoms with E-state index in [1.807, 2.05) is 10.3 Å². The summed E-state index contributed by atoms with van der Waals surface area (Å²) in [6.45, 7) is 0. The highest BCUT2D eigenvalue weighted by molar-refractivity contribution is 7.89. The zero-order chi connectivity index (χ0) is 14.6. The maximum absolute atomic E-state index is 11.8. The Morgan fingerprint density at radius 3 is 2.35 bits per heavy atom. The lowest BCUT2D eigenvalue weighted by Crippen LogP contribution is -2.46. The van der Waals surface area contributed by atoms with E-state index in [-0.39, 0.29) is 10.6 Å². The van der Waals surface area contributed by atoms with Gasteiger partial charge in [0, 0.05) is 12.1 Å². The highest BCUT2D eigenvalue weighted by Crippen LogP contribution is 2.05. The van der Waals surface area contributed by atoms with Gasteiger partial charge >= 0.3 is 5.91 Å². The van der Waals surface area contributed by atoms with Crippen LogP contribution < -0.4 is 15.0 Å². The number of rotatable bonds is 4. The molecule has 1 heterocycles. The van der Waals surface area contributed by atoms with Crippen molar-refractivity contribution in [3.8, 4) is 0 Å². The number of nitrogens with one attached hydrogen (secondary N) is 2. The van der Waals surface area contributed by atoms with Gasteiger partial charge in [0.1, 0.15) is 0 Å². The van der Waals surface area contributed by atoms with Crippen LogP contribution in [0.25, 0.3) is 0 Å². The summed E-state index contributed by atoms with van der Waals surface area (Å²) < 4.78 is 24.0. The SMILES string of the molecule is O=C(NNS(=O)(=O)c1ccccc1)c1cccc[n+]1[O-]. The lowest BCUT2D eigenvalue weighted by molar-refractivity contribution is -0.607. The molecule has 0 saturated carbocycles. The lowest BCUT2D eigenvalue weighted by Gasteiger charge is -2.08. The van der Waals surface area contributed by atoms with Gasteiger partial charge in [-0.05, 0) is 18.2 Å². The van der Waals surface area contributed by atoms with Gasteiger partial charge in [0.05, 0.1) is 4.90 Å². The number of hydrogen-bond donors (Lipinski definition) is 2. The Bertz CT molecular complexity index is 716. The number of carbonyl (C=O) groups excluding carboxylic acids is 1. The molecular weight excluding hydrogens is 282 g/mol. The number of sulfonamides is 1. The normalized spacial score (nSPS) is 11.0. The van der Waals surface area contributed by atoms with Gasteiger partial charge in [-0.3, -0.25) is 10.2 Å². The predicted octanol–water partition coefficient (Wildman–Crippen LogP) is -0.0567. The molecule has 7 nitrogen and oxygen atoms in total. The molecule has 20 heavy (non-hydrogen) atoms. The summed E-state index contributed by atoms with van der Waals surface area (Å²) in [5.74, 6) is -0.847. The molecule has 0 spiro atoms. The van der Waals surface area contributed by atoms with Crippen molar-refractivity contribution in [1.29, 1.82) is 0 Å². The van der Waals surface area contributed by atoms with Crippen LogP contribution in [-0.4, -0.2) is 14.3 Å². The summed E-state index contributed by atoms with van der Waals surface area (Å²) in [4.78, 5) is 13.6. The van der Waals surface area contributed by atoms with Crippen molar-refractivity contribution < 1.29 is 17.9 Å². The van der Waals surface area contributed by atoms with Crippen LogP contribution in [0.15, 0.2) is 59.6 Å². The van der Waals surface area contributed by atoms with Crippen molar-refractivity contribution in [2.24, 2.45) is 0 Å². The third-order valence-corrected chi connectivity index (χ3v) is 3.67. The highest BCUT2D eigenvalue weighted by Gasteiger charge is 2.19. The first-order valence-electron chi connectivity index (χ1n) is 5.56. The summed E-state index contributed by atoms with van der Waals surface area (Å²) in [6, 6.07) is 11.8. The number of hydrogen-bond acceptors (Lipinski definition) is 4. The van der Waals surface area contributed by atoms with Crippen LogP contribution in [0.4, 0.5) is 0 Å². The van der Waals surface area contributed by atoms with Crippen LogP contribution in [0.1, 0.15) is 10.5 Å². The first kappa shape index (κ1) is 14.0. The van der Waals surface area contributed by atoms with Crippen molar-refractivity contribution >= 4 is 15.9 Å². The predicted molar refractivity (Wildman–Crippen MR) is 69.6 cm³/mol. The van der Waals surface area contributed by atoms with E-state index in [0.29, 0.717) is 4.73 Å². The van der Waals surface area contributed by atoms with Crippen molar-refractivity contribution in [2.45, 2.75) is 4.90 Å². The van der Waals surface area contributed by atoms with E-state index in [1.165, 1.54) is 30.3 Å². The Morgan fingerprint density at radius 1 is 1.05 bits per heavy atom. The van der Waals surface area contributed by atoms with E-state index in [2.05, 4.69) is 0 Å². The second-order valence-electron chi connectivity index (χ2n) is 3.78. The number of hydrazine groups is 1. The molecule has 0 aliphatic rings. The van der Waals surface area contributed by atoms with E-state index in [4.69, 9.17) is 0 Å². The maximum Gasteiger partial charge on any atom is 0.332 e. The van der Waals surface area contributed by atoms with Gasteiger partial charge in [-0.1, -0.05) is 18.2 Å². The van der Waals surface area contributed by atoms with Gasteiger partial charge in [-0.2, -0.15) is 4.73 Å². The Morgan fingerprint density at radius 2 is 1.70 bits per heavy atom. The molecule has 0 unspecified atom stereocenters. The van der Waals surface area contributed by atoms with Crippen molar-refractivity contribution in [1.82, 2.24) is 10.3 Å². The molecule has 0 aliphatic heterocycles. The third-order valence-electron chi connectivity index (χ3n) is 2.41. The molecule has 104 valence electrons. The summed E-state index contributed by atoms with van der Waals surface area (Å²) in [5.41, 5.74) is 1.76. The van der Waals surface area contributed by atoms with Crippen LogP contribution >= 0.6 is 0 Å². The van der Waals surface area contributed by atoms with Gasteiger partial charge < -0.3 is 5.21 Å². The van der Waals surface area contributed by atoms with Gasteiger partial charge in [-0.15, -0.1) is 4.83 Å². The molecule has 0 bridgehead atoms. The van der Waals surface area contributed by atoms with Crippen molar-refractivity contribution in [2.75, 3.05) is 0 Å². The second kappa shape index (κ2) is 5.68. The second-order valence-corrected chi connectivity index (χ2v) is 5.47. The van der Waals surface area contributed by atoms with E-state index in [1.54, 1.807) is 18.2 Å². The average molecular weight is 293 g/mol. The lowest BCUT2D eigenvalue weighted by atomic mass is 10.3. The van der Waals surface area contributed by atoms with E-state index >= 15 is 0 Å². The minimum atomic E-state index is -3.87. The standard InChI is InChI=1S/C12H11N3O4S/c16-12(11-8-4-5-9-15(11)17)13-14-20(18,19)10-6-2-1-3-7-10/h1-9,14H,(H,13,16). The van der Waals surface area contributed by atoms with Gasteiger partial charge in [-0.25, -0.2) is 8.42 Å². The fraction of sp³-hybridized carbons (Fsp3) is 0. The van der Waals surface area contributed by atoms with Crippen LogP contribution in [0.2, 0.25) is 0 Å². The molecule has 2 rings (SSSR count). The first-order chi connectivity index (χ1) is 9.50. The minimum absolute atomic E-state index is 0.00311. The minimum Gasteiger partial charge on any atom is -0.618 e.